The summed E-state index contributed by atoms with van der Waals surface area (Å²) in [6.45, 7) is 0.646. The van der Waals surface area contributed by atoms with E-state index in [1.165, 1.54) is 0 Å². The lowest BCUT2D eigenvalue weighted by Crippen LogP contribution is -2.36. The molecule has 0 aliphatic carbocycles. The summed E-state index contributed by atoms with van der Waals surface area (Å²) in [7, 11) is 4.81. The zero-order chi connectivity index (χ0) is 16.1. The fourth-order valence-electron chi connectivity index (χ4n) is 0.987. The van der Waals surface area contributed by atoms with Crippen LogP contribution < -0.4 is 0 Å². The number of nitrogens with zero attached hydrogens (tertiary/aromatic N) is 1. The molecule has 0 spiro atoms. The molecule has 0 fully saturated rings. The number of hydrogen-bond acceptors (Lipinski definition) is 3. The fraction of sp³-hybridized carbons (Fsp3) is 0.222. The molecule has 114 valence electrons. The monoisotopic (exact) mass is 355 g/mol. The van der Waals surface area contributed by atoms with E-state index in [2.05, 4.69) is 21.4 Å². The Bertz CT molecular complexity index is 574. The number of benzene rings is 1. The third-order valence-corrected chi connectivity index (χ3v) is 1.69. The first-order chi connectivity index (χ1) is 8.85. The Morgan fingerprint density at radius 2 is 1.75 bits per heavy atom. The van der Waals surface area contributed by atoms with Gasteiger partial charge in [-0.25, -0.2) is 4.39 Å². The minimum atomic E-state index is -4.16. The Morgan fingerprint density at radius 1 is 1.30 bits per heavy atom. The number of carbonyl (C=O) groups excluding carboxylic acids is 1. The molecule has 0 atom stereocenters. The first-order valence-corrected chi connectivity index (χ1v) is 7.74. The summed E-state index contributed by atoms with van der Waals surface area (Å²) < 4.78 is 69.9. The SMILES string of the molecule is CC(=O)N(F)C(F)(F)c1cccc(F)c1.O=S(=O)(Cl)Cl. The van der Waals surface area contributed by atoms with Gasteiger partial charge in [0.15, 0.2) is 0 Å². The van der Waals surface area contributed by atoms with Gasteiger partial charge in [0, 0.05) is 33.9 Å². The van der Waals surface area contributed by atoms with E-state index in [1.807, 2.05) is 0 Å². The summed E-state index contributed by atoms with van der Waals surface area (Å²) in [6, 6.07) is -0.912. The predicted octanol–water partition coefficient (Wildman–Crippen LogP) is 3.32. The molecule has 0 aromatic heterocycles. The lowest BCUT2D eigenvalue weighted by Gasteiger charge is -2.21. The van der Waals surface area contributed by atoms with Crippen molar-refractivity contribution < 1.29 is 30.9 Å². The van der Waals surface area contributed by atoms with E-state index in [0.29, 0.717) is 13.0 Å². The molecule has 11 heteroatoms. The molecular formula is C9H7Cl2F4NO3S. The highest BCUT2D eigenvalue weighted by molar-refractivity contribution is 8.31. The predicted molar refractivity (Wildman–Crippen MR) is 64.5 cm³/mol. The van der Waals surface area contributed by atoms with Gasteiger partial charge in [-0.05, 0) is 12.1 Å². The number of carbonyl (C=O) groups is 1. The molecule has 0 saturated heterocycles. The van der Waals surface area contributed by atoms with Crippen molar-refractivity contribution in [2.45, 2.75) is 13.0 Å². The molecule has 0 bridgehead atoms. The summed E-state index contributed by atoms with van der Waals surface area (Å²) >= 11 is 0. The van der Waals surface area contributed by atoms with Crippen molar-refractivity contribution in [1.82, 2.24) is 5.12 Å². The molecule has 0 saturated carbocycles. The van der Waals surface area contributed by atoms with Crippen LogP contribution in [0, 0.1) is 5.82 Å². The molecule has 0 N–H and O–H groups in total. The van der Waals surface area contributed by atoms with Gasteiger partial charge in [0.2, 0.25) is 0 Å². The van der Waals surface area contributed by atoms with Crippen molar-refractivity contribution in [2.24, 2.45) is 0 Å². The minimum Gasteiger partial charge on any atom is -0.272 e. The molecule has 1 rings (SSSR count). The average molecular weight is 356 g/mol. The van der Waals surface area contributed by atoms with Crippen molar-refractivity contribution in [1.29, 1.82) is 0 Å². The molecule has 1 aromatic carbocycles. The number of alkyl halides is 2. The van der Waals surface area contributed by atoms with Crippen LogP contribution in [0.15, 0.2) is 24.3 Å². The summed E-state index contributed by atoms with van der Waals surface area (Å²) in [5.41, 5.74) is -0.916. The third kappa shape index (κ3) is 6.92. The van der Waals surface area contributed by atoms with Crippen LogP contribution in [-0.2, 0) is 19.1 Å². The lowest BCUT2D eigenvalue weighted by atomic mass is 10.2. The number of amides is 1. The van der Waals surface area contributed by atoms with Gasteiger partial charge in [0.25, 0.3) is 5.91 Å². The molecule has 1 aromatic rings. The normalized spacial score (nSPS) is 11.3. The van der Waals surface area contributed by atoms with Crippen LogP contribution in [0.1, 0.15) is 12.5 Å². The Hall–Kier alpha value is -1.06. The lowest BCUT2D eigenvalue weighted by molar-refractivity contribution is -0.236. The zero-order valence-corrected chi connectivity index (χ0v) is 12.0. The molecular weight excluding hydrogens is 349 g/mol. The van der Waals surface area contributed by atoms with Gasteiger partial charge in [-0.2, -0.15) is 17.2 Å². The summed E-state index contributed by atoms with van der Waals surface area (Å²) in [4.78, 5) is 10.4. The standard InChI is InChI=1S/C9H7F4NO.Cl2O2S/c1-6(15)14(13)9(11,12)7-3-2-4-8(10)5-7;1-5(2,3)4/h2-5H,1H3;. The van der Waals surface area contributed by atoms with Gasteiger partial charge >= 0.3 is 14.3 Å². The van der Waals surface area contributed by atoms with Crippen LogP contribution in [0.25, 0.3) is 0 Å². The average Bonchev–Trinajstić information content (AvgIpc) is 2.25. The third-order valence-electron chi connectivity index (χ3n) is 1.69. The highest BCUT2D eigenvalue weighted by Crippen LogP contribution is 2.32. The van der Waals surface area contributed by atoms with Crippen LogP contribution in [0.4, 0.5) is 17.7 Å². The van der Waals surface area contributed by atoms with Crippen molar-refractivity contribution in [3.05, 3.63) is 35.6 Å². The van der Waals surface area contributed by atoms with Crippen LogP contribution in [-0.4, -0.2) is 19.4 Å². The van der Waals surface area contributed by atoms with Gasteiger partial charge in [-0.1, -0.05) is 16.6 Å². The maximum Gasteiger partial charge on any atom is 0.380 e. The van der Waals surface area contributed by atoms with Crippen molar-refractivity contribution in [2.75, 3.05) is 0 Å². The first-order valence-electron chi connectivity index (χ1n) is 4.60. The van der Waals surface area contributed by atoms with Gasteiger partial charge in [-0.3, -0.25) is 4.79 Å². The van der Waals surface area contributed by atoms with E-state index in [-0.39, 0.29) is 0 Å². The molecule has 0 aliphatic heterocycles. The second-order valence-corrected chi connectivity index (χ2v) is 6.90. The molecule has 0 unspecified atom stereocenters. The summed E-state index contributed by atoms with van der Waals surface area (Å²) in [5, 5.41) is -1.23. The molecule has 4 nitrogen and oxygen atoms in total. The van der Waals surface area contributed by atoms with Gasteiger partial charge < -0.3 is 0 Å². The van der Waals surface area contributed by atoms with Crippen LogP contribution >= 0.6 is 21.4 Å². The van der Waals surface area contributed by atoms with E-state index >= 15 is 0 Å². The van der Waals surface area contributed by atoms with Crippen LogP contribution in [0.2, 0.25) is 0 Å². The van der Waals surface area contributed by atoms with Crippen molar-refractivity contribution >= 4 is 35.5 Å². The van der Waals surface area contributed by atoms with E-state index in [1.54, 1.807) is 0 Å². The minimum absolute atomic E-state index is 0.468. The summed E-state index contributed by atoms with van der Waals surface area (Å²) in [5.74, 6) is -2.38. The molecule has 20 heavy (non-hydrogen) atoms. The number of hydrogen-bond donors (Lipinski definition) is 0. The molecule has 0 aliphatic rings. The Labute approximate surface area is 120 Å². The molecule has 0 radical (unpaired) electrons. The largest absolute Gasteiger partial charge is 0.380 e. The van der Waals surface area contributed by atoms with Crippen molar-refractivity contribution in [3.8, 4) is 0 Å². The Morgan fingerprint density at radius 3 is 2.10 bits per heavy atom. The Kier molecular flexibility index (Phi) is 6.72. The van der Waals surface area contributed by atoms with Gasteiger partial charge in [0.1, 0.15) is 5.82 Å². The highest BCUT2D eigenvalue weighted by Gasteiger charge is 2.42. The smallest absolute Gasteiger partial charge is 0.272 e. The fourth-order valence-corrected chi connectivity index (χ4v) is 0.987. The van der Waals surface area contributed by atoms with E-state index < -0.39 is 36.7 Å². The second-order valence-electron chi connectivity index (χ2n) is 3.23. The van der Waals surface area contributed by atoms with Crippen LogP contribution in [0.5, 0.6) is 0 Å². The molecule has 1 amide bonds. The number of rotatable bonds is 2. The molecule has 0 heterocycles. The van der Waals surface area contributed by atoms with Crippen LogP contribution in [0.3, 0.4) is 0 Å². The maximum absolute atomic E-state index is 13.1. The van der Waals surface area contributed by atoms with Gasteiger partial charge in [0.05, 0.1) is 0 Å². The maximum atomic E-state index is 13.1. The topological polar surface area (TPSA) is 54.5 Å². The number of halogens is 6. The quantitative estimate of drug-likeness (QED) is 0.354. The van der Waals surface area contributed by atoms with Crippen molar-refractivity contribution in [3.63, 3.8) is 0 Å². The first kappa shape index (κ1) is 18.9. The Balaban J connectivity index is 0.000000621. The van der Waals surface area contributed by atoms with E-state index in [4.69, 9.17) is 8.42 Å². The van der Waals surface area contributed by atoms with E-state index in [9.17, 15) is 22.4 Å². The van der Waals surface area contributed by atoms with Gasteiger partial charge in [-0.15, -0.1) is 5.12 Å². The summed E-state index contributed by atoms with van der Waals surface area (Å²) in [6.07, 6.45) is 0. The van der Waals surface area contributed by atoms with E-state index in [0.717, 1.165) is 18.2 Å². The second kappa shape index (κ2) is 7.09. The highest BCUT2D eigenvalue weighted by atomic mass is 36.0. The zero-order valence-electron chi connectivity index (χ0n) is 9.66.